The highest BCUT2D eigenvalue weighted by molar-refractivity contribution is 8.13. The van der Waals surface area contributed by atoms with Crippen LogP contribution in [0, 0.1) is 0 Å². The minimum Gasteiger partial charge on any atom is -0.467 e. The smallest absolute Gasteiger partial charge is 0.368 e. The molecule has 2 aromatic carbocycles. The summed E-state index contributed by atoms with van der Waals surface area (Å²) in [5.41, 5.74) is 0.811. The van der Waals surface area contributed by atoms with Gasteiger partial charge in [0.1, 0.15) is 11.6 Å². The van der Waals surface area contributed by atoms with E-state index in [9.17, 15) is 14.4 Å². The lowest BCUT2D eigenvalue weighted by atomic mass is 10.0. The van der Waals surface area contributed by atoms with Crippen LogP contribution in [0.1, 0.15) is 44.0 Å². The molecule has 202 valence electrons. The molecule has 0 radical (unpaired) electrons. The van der Waals surface area contributed by atoms with Crippen molar-refractivity contribution in [1.82, 2.24) is 10.6 Å². The highest BCUT2D eigenvalue weighted by Crippen LogP contribution is 2.28. The van der Waals surface area contributed by atoms with Crippen LogP contribution in [0.5, 0.6) is 0 Å². The third kappa shape index (κ3) is 8.83. The predicted octanol–water partition coefficient (Wildman–Crippen LogP) is 4.68. The van der Waals surface area contributed by atoms with Gasteiger partial charge >= 0.3 is 11.3 Å². The Morgan fingerprint density at radius 3 is 2.65 bits per heavy atom. The van der Waals surface area contributed by atoms with Gasteiger partial charge in [-0.05, 0) is 74.9 Å². The van der Waals surface area contributed by atoms with Crippen LogP contribution in [0.15, 0.2) is 36.4 Å². The monoisotopic (exact) mass is 547 g/mol. The Morgan fingerprint density at radius 2 is 1.95 bits per heavy atom. The van der Waals surface area contributed by atoms with Gasteiger partial charge in [0.05, 0.1) is 7.11 Å². The summed E-state index contributed by atoms with van der Waals surface area (Å²) in [6.45, 7) is 6.96. The maximum absolute atomic E-state index is 13.1. The van der Waals surface area contributed by atoms with Crippen LogP contribution in [0.2, 0.25) is 0 Å². The molecule has 1 fully saturated rings. The van der Waals surface area contributed by atoms with Crippen LogP contribution in [-0.4, -0.2) is 72.3 Å². The zero-order valence-electron chi connectivity index (χ0n) is 22.1. The summed E-state index contributed by atoms with van der Waals surface area (Å²) in [5, 5.41) is 11.6. The van der Waals surface area contributed by atoms with Crippen LogP contribution < -0.4 is 16.0 Å². The molecular formula is C27H37N3O5S2. The molecule has 1 heterocycles. The van der Waals surface area contributed by atoms with E-state index in [-0.39, 0.29) is 22.5 Å². The number of anilines is 1. The van der Waals surface area contributed by atoms with Crippen LogP contribution in [0.3, 0.4) is 0 Å². The highest BCUT2D eigenvalue weighted by atomic mass is 32.2. The summed E-state index contributed by atoms with van der Waals surface area (Å²) < 4.78 is 10.3. The molecule has 1 saturated heterocycles. The van der Waals surface area contributed by atoms with Crippen LogP contribution in [-0.2, 0) is 14.3 Å². The van der Waals surface area contributed by atoms with Crippen molar-refractivity contribution >= 4 is 57.2 Å². The van der Waals surface area contributed by atoms with Gasteiger partial charge in [0.15, 0.2) is 0 Å². The average molecular weight is 548 g/mol. The van der Waals surface area contributed by atoms with E-state index in [0.29, 0.717) is 18.5 Å². The maximum atomic E-state index is 13.1. The van der Waals surface area contributed by atoms with Gasteiger partial charge in [0.2, 0.25) is 0 Å². The number of esters is 1. The molecule has 0 spiro atoms. The number of hydrogen-bond acceptors (Lipinski definition) is 9. The van der Waals surface area contributed by atoms with Gasteiger partial charge < -0.3 is 25.4 Å². The van der Waals surface area contributed by atoms with Gasteiger partial charge in [0, 0.05) is 41.0 Å². The summed E-state index contributed by atoms with van der Waals surface area (Å²) >= 11 is 2.85. The van der Waals surface area contributed by atoms with Crippen molar-refractivity contribution in [3.63, 3.8) is 0 Å². The fraction of sp³-hybridized carbons (Fsp3) is 0.519. The van der Waals surface area contributed by atoms with Crippen molar-refractivity contribution in [2.24, 2.45) is 0 Å². The summed E-state index contributed by atoms with van der Waals surface area (Å²) in [6.07, 6.45) is 3.27. The standard InChI is InChI=1S/C27H37N3O5S2/c1-27(2,3)35-26(33)37-20-14-19(28-16-20)15-29-23-13-18(12-17-8-6-7-9-21(17)23)24(31)30-22(10-11-36-5)25(32)34-4/h6-9,12-13,19-20,22,28-29H,10-11,14-16H2,1-5H3,(H,30,31)/t19-,20-,22-/m0/s1. The van der Waals surface area contributed by atoms with Crippen molar-refractivity contribution in [3.8, 4) is 0 Å². The molecule has 1 aliphatic heterocycles. The Bertz CT molecular complexity index is 1110. The second-order valence-corrected chi connectivity index (χ2v) is 12.2. The lowest BCUT2D eigenvalue weighted by Crippen LogP contribution is -2.42. The lowest BCUT2D eigenvalue weighted by molar-refractivity contribution is -0.142. The first-order valence-corrected chi connectivity index (χ1v) is 14.6. The van der Waals surface area contributed by atoms with Crippen LogP contribution >= 0.6 is 23.5 Å². The van der Waals surface area contributed by atoms with Gasteiger partial charge in [-0.15, -0.1) is 0 Å². The quantitative estimate of drug-likeness (QED) is 0.366. The maximum Gasteiger partial charge on any atom is 0.368 e. The predicted molar refractivity (Wildman–Crippen MR) is 153 cm³/mol. The summed E-state index contributed by atoms with van der Waals surface area (Å²) in [7, 11) is 1.33. The number of carbonyl (C=O) groups is 3. The number of rotatable bonds is 10. The largest absolute Gasteiger partial charge is 0.467 e. The van der Waals surface area contributed by atoms with E-state index in [1.54, 1.807) is 11.8 Å². The molecule has 0 saturated carbocycles. The number of hydrogen-bond donors (Lipinski definition) is 3. The molecule has 0 aliphatic carbocycles. The summed E-state index contributed by atoms with van der Waals surface area (Å²) in [5.74, 6) is -0.0441. The number of methoxy groups -OCH3 is 1. The Morgan fingerprint density at radius 1 is 1.19 bits per heavy atom. The molecule has 3 N–H and O–H groups in total. The van der Waals surface area contributed by atoms with Crippen molar-refractivity contribution in [1.29, 1.82) is 0 Å². The third-order valence-corrected chi connectivity index (χ3v) is 7.51. The second-order valence-electron chi connectivity index (χ2n) is 10.0. The first-order valence-electron chi connectivity index (χ1n) is 12.4. The molecule has 8 nitrogen and oxygen atoms in total. The Balaban J connectivity index is 1.68. The Labute approximate surface area is 227 Å². The lowest BCUT2D eigenvalue weighted by Gasteiger charge is -2.20. The van der Waals surface area contributed by atoms with E-state index < -0.39 is 17.6 Å². The molecule has 0 unspecified atom stereocenters. The van der Waals surface area contributed by atoms with Crippen molar-refractivity contribution < 1.29 is 23.9 Å². The molecule has 37 heavy (non-hydrogen) atoms. The number of benzene rings is 2. The second kappa shape index (κ2) is 13.4. The van der Waals surface area contributed by atoms with Crippen molar-refractivity contribution in [3.05, 3.63) is 42.0 Å². The minimum absolute atomic E-state index is 0.145. The zero-order valence-corrected chi connectivity index (χ0v) is 23.7. The number of nitrogens with one attached hydrogen (secondary N) is 3. The number of carbonyl (C=O) groups excluding carboxylic acids is 3. The van der Waals surface area contributed by atoms with Crippen molar-refractivity contribution in [2.75, 3.05) is 37.5 Å². The summed E-state index contributed by atoms with van der Waals surface area (Å²) in [6, 6.07) is 11.0. The molecule has 3 rings (SSSR count). The molecule has 2 aromatic rings. The van der Waals surface area contributed by atoms with Crippen LogP contribution in [0.25, 0.3) is 10.8 Å². The Hall–Kier alpha value is -2.43. The fourth-order valence-electron chi connectivity index (χ4n) is 4.13. The molecule has 3 atom stereocenters. The van der Waals surface area contributed by atoms with Gasteiger partial charge in [-0.3, -0.25) is 4.79 Å². The molecule has 0 bridgehead atoms. The van der Waals surface area contributed by atoms with Crippen molar-refractivity contribution in [2.45, 2.75) is 56.5 Å². The van der Waals surface area contributed by atoms with Gasteiger partial charge in [-0.2, -0.15) is 11.8 Å². The fourth-order valence-corrected chi connectivity index (χ4v) is 5.68. The molecule has 1 amide bonds. The van der Waals surface area contributed by atoms with Gasteiger partial charge in [-0.1, -0.05) is 24.3 Å². The summed E-state index contributed by atoms with van der Waals surface area (Å²) in [4.78, 5) is 37.5. The molecular weight excluding hydrogens is 510 g/mol. The molecule has 10 heteroatoms. The Kier molecular flexibility index (Phi) is 10.5. The first-order chi connectivity index (χ1) is 17.6. The van der Waals surface area contributed by atoms with Crippen LogP contribution in [0.4, 0.5) is 10.5 Å². The SMILES string of the molecule is COC(=O)[C@H](CCSC)NC(=O)c1cc(NC[C@@H]2C[C@H](SC(=O)OC(C)(C)C)CN2)c2ccccc2c1. The number of thioether (sulfide) groups is 2. The van der Waals surface area contributed by atoms with E-state index >= 15 is 0 Å². The zero-order chi connectivity index (χ0) is 27.0. The average Bonchev–Trinajstić information content (AvgIpc) is 3.29. The number of ether oxygens (including phenoxy) is 2. The van der Waals surface area contributed by atoms with Gasteiger partial charge in [0.25, 0.3) is 5.91 Å². The van der Waals surface area contributed by atoms with E-state index in [0.717, 1.165) is 35.2 Å². The topological polar surface area (TPSA) is 106 Å². The van der Waals surface area contributed by atoms with E-state index in [4.69, 9.17) is 9.47 Å². The van der Waals surface area contributed by atoms with E-state index in [2.05, 4.69) is 16.0 Å². The normalized spacial score (nSPS) is 18.3. The minimum atomic E-state index is -0.699. The molecule has 0 aromatic heterocycles. The van der Waals surface area contributed by atoms with E-state index in [1.807, 2.05) is 63.4 Å². The number of amides is 1. The van der Waals surface area contributed by atoms with Gasteiger partial charge in [-0.25, -0.2) is 9.59 Å². The highest BCUT2D eigenvalue weighted by Gasteiger charge is 2.29. The first kappa shape index (κ1) is 29.1. The van der Waals surface area contributed by atoms with E-state index in [1.165, 1.54) is 18.9 Å². The molecule has 1 aliphatic rings. The number of fused-ring (bicyclic) bond motifs is 1. The third-order valence-electron chi connectivity index (χ3n) is 5.90.